The van der Waals surface area contributed by atoms with Crippen LogP contribution in [-0.4, -0.2) is 53.7 Å². The summed E-state index contributed by atoms with van der Waals surface area (Å²) in [4.78, 5) is 25.1. The number of imidazole rings is 1. The van der Waals surface area contributed by atoms with Crippen LogP contribution in [0.25, 0.3) is 22.3 Å². The van der Waals surface area contributed by atoms with E-state index in [0.717, 1.165) is 22.9 Å². The first kappa shape index (κ1) is 23.5. The summed E-state index contributed by atoms with van der Waals surface area (Å²) < 4.78 is 37.0. The van der Waals surface area contributed by atoms with Gasteiger partial charge in [0.25, 0.3) is 5.88 Å². The molecule has 178 valence electrons. The lowest BCUT2D eigenvalue weighted by molar-refractivity contribution is 0.296. The van der Waals surface area contributed by atoms with Gasteiger partial charge >= 0.3 is 5.69 Å². The van der Waals surface area contributed by atoms with Gasteiger partial charge in [0.15, 0.2) is 11.4 Å². The highest BCUT2D eigenvalue weighted by Crippen LogP contribution is 2.31. The second kappa shape index (κ2) is 9.30. The van der Waals surface area contributed by atoms with E-state index in [1.165, 1.54) is 11.7 Å². The number of ether oxygens (including phenoxy) is 2. The molecule has 0 amide bonds. The number of sulfone groups is 1. The molecule has 3 heterocycles. The van der Waals surface area contributed by atoms with Gasteiger partial charge in [-0.25, -0.2) is 23.2 Å². The predicted molar refractivity (Wildman–Crippen MR) is 130 cm³/mol. The number of methoxy groups -OCH3 is 1. The zero-order valence-corrected chi connectivity index (χ0v) is 20.2. The molecule has 0 aliphatic heterocycles. The minimum absolute atomic E-state index is 0.226. The Balaban J connectivity index is 1.92. The zero-order valence-electron chi connectivity index (χ0n) is 19.4. The molecule has 0 aliphatic carbocycles. The van der Waals surface area contributed by atoms with Gasteiger partial charge in [-0.15, -0.1) is 0 Å². The van der Waals surface area contributed by atoms with Gasteiger partial charge in [-0.1, -0.05) is 30.3 Å². The number of nitrogens with zero attached hydrogens (tertiary/aromatic N) is 3. The van der Waals surface area contributed by atoms with Crippen LogP contribution in [0, 0.1) is 6.92 Å². The van der Waals surface area contributed by atoms with Gasteiger partial charge in [-0.05, 0) is 37.1 Å². The molecule has 0 saturated heterocycles. The quantitative estimate of drug-likeness (QED) is 0.410. The van der Waals surface area contributed by atoms with Crippen LogP contribution in [0.1, 0.15) is 24.2 Å². The van der Waals surface area contributed by atoms with Crippen LogP contribution in [0.2, 0.25) is 0 Å². The third kappa shape index (κ3) is 4.54. The monoisotopic (exact) mass is 482 g/mol. The topological polar surface area (TPSA) is 116 Å². The number of aromatic amines is 1. The van der Waals surface area contributed by atoms with E-state index in [4.69, 9.17) is 9.47 Å². The van der Waals surface area contributed by atoms with E-state index in [1.54, 1.807) is 18.3 Å². The molecule has 0 aliphatic rings. The number of pyridine rings is 2. The Morgan fingerprint density at radius 3 is 2.53 bits per heavy atom. The maximum atomic E-state index is 13.2. The number of aromatic nitrogens is 4. The van der Waals surface area contributed by atoms with Crippen molar-refractivity contribution >= 4 is 21.0 Å². The van der Waals surface area contributed by atoms with Crippen molar-refractivity contribution in [1.29, 1.82) is 0 Å². The van der Waals surface area contributed by atoms with Crippen molar-refractivity contribution < 1.29 is 17.9 Å². The second-order valence-electron chi connectivity index (χ2n) is 7.95. The third-order valence-electron chi connectivity index (χ3n) is 5.54. The van der Waals surface area contributed by atoms with Crippen molar-refractivity contribution in [3.63, 3.8) is 0 Å². The molecule has 0 spiro atoms. The molecule has 1 aromatic carbocycles. The molecule has 0 saturated carbocycles. The SMILES string of the molecule is CCOc1nc([C@H](CS(C)(=O)=O)n2c(=O)[nH]c3c(C)c(-c4ccccc4)cnc32)ccc1OC. The first-order valence-electron chi connectivity index (χ1n) is 10.7. The third-order valence-corrected chi connectivity index (χ3v) is 6.47. The fraction of sp³-hybridized carbons (Fsp3) is 0.292. The van der Waals surface area contributed by atoms with Crippen molar-refractivity contribution in [3.8, 4) is 22.8 Å². The van der Waals surface area contributed by atoms with E-state index in [1.807, 2.05) is 44.2 Å². The fourth-order valence-corrected chi connectivity index (χ4v) is 4.88. The summed E-state index contributed by atoms with van der Waals surface area (Å²) in [7, 11) is -2.00. The summed E-state index contributed by atoms with van der Waals surface area (Å²) in [5, 5.41) is 0. The normalized spacial score (nSPS) is 12.6. The minimum atomic E-state index is -3.50. The summed E-state index contributed by atoms with van der Waals surface area (Å²) in [6.45, 7) is 4.06. The summed E-state index contributed by atoms with van der Waals surface area (Å²) in [6.07, 6.45) is 2.82. The lowest BCUT2D eigenvalue weighted by atomic mass is 10.0. The van der Waals surface area contributed by atoms with Crippen LogP contribution in [0.4, 0.5) is 0 Å². The molecule has 0 bridgehead atoms. The standard InChI is InChI=1S/C24H26N4O5S/c1-5-33-23-20(32-3)12-11-18(26-23)19(14-34(4,30)31)28-22-21(27-24(28)29)15(2)17(13-25-22)16-9-7-6-8-10-16/h6-13,19H,5,14H2,1-4H3,(H,27,29)/t19-/m0/s1. The van der Waals surface area contributed by atoms with Gasteiger partial charge in [-0.3, -0.25) is 4.57 Å². The summed E-state index contributed by atoms with van der Waals surface area (Å²) in [6, 6.07) is 12.1. The van der Waals surface area contributed by atoms with E-state index in [2.05, 4.69) is 15.0 Å². The molecule has 3 aromatic heterocycles. The maximum absolute atomic E-state index is 13.2. The highest BCUT2D eigenvalue weighted by atomic mass is 32.2. The molecule has 0 fully saturated rings. The van der Waals surface area contributed by atoms with Crippen LogP contribution in [0.15, 0.2) is 53.5 Å². The molecule has 0 radical (unpaired) electrons. The van der Waals surface area contributed by atoms with E-state index < -0.39 is 21.6 Å². The highest BCUT2D eigenvalue weighted by molar-refractivity contribution is 7.90. The lowest BCUT2D eigenvalue weighted by Gasteiger charge is -2.19. The molecule has 4 aromatic rings. The summed E-state index contributed by atoms with van der Waals surface area (Å²) >= 11 is 0. The summed E-state index contributed by atoms with van der Waals surface area (Å²) in [5.74, 6) is 0.298. The number of benzene rings is 1. The van der Waals surface area contributed by atoms with E-state index in [0.29, 0.717) is 29.2 Å². The number of aryl methyl sites for hydroxylation is 1. The zero-order chi connectivity index (χ0) is 24.5. The van der Waals surface area contributed by atoms with Crippen molar-refractivity contribution in [1.82, 2.24) is 19.5 Å². The van der Waals surface area contributed by atoms with Crippen LogP contribution in [-0.2, 0) is 9.84 Å². The van der Waals surface area contributed by atoms with E-state index >= 15 is 0 Å². The molecular formula is C24H26N4O5S. The van der Waals surface area contributed by atoms with Gasteiger partial charge in [0, 0.05) is 18.0 Å². The number of rotatable bonds is 8. The van der Waals surface area contributed by atoms with E-state index in [-0.39, 0.29) is 11.6 Å². The molecule has 0 unspecified atom stereocenters. The Hall–Kier alpha value is -3.66. The second-order valence-corrected chi connectivity index (χ2v) is 10.1. The number of H-pyrrole nitrogens is 1. The molecule has 1 N–H and O–H groups in total. The Labute approximate surface area is 197 Å². The minimum Gasteiger partial charge on any atom is -0.491 e. The summed E-state index contributed by atoms with van der Waals surface area (Å²) in [5.41, 5.74) is 3.46. The van der Waals surface area contributed by atoms with Crippen molar-refractivity contribution in [3.05, 3.63) is 70.4 Å². The number of nitrogens with one attached hydrogen (secondary N) is 1. The van der Waals surface area contributed by atoms with Crippen LogP contribution >= 0.6 is 0 Å². The van der Waals surface area contributed by atoms with Crippen molar-refractivity contribution in [2.45, 2.75) is 19.9 Å². The molecular weight excluding hydrogens is 456 g/mol. The van der Waals surface area contributed by atoms with Gasteiger partial charge in [0.2, 0.25) is 0 Å². The smallest absolute Gasteiger partial charge is 0.328 e. The largest absolute Gasteiger partial charge is 0.491 e. The first-order chi connectivity index (χ1) is 16.2. The van der Waals surface area contributed by atoms with Crippen molar-refractivity contribution in [2.75, 3.05) is 25.7 Å². The van der Waals surface area contributed by atoms with Gasteiger partial charge in [-0.2, -0.15) is 0 Å². The van der Waals surface area contributed by atoms with Gasteiger partial charge in [0.05, 0.1) is 36.7 Å². The van der Waals surface area contributed by atoms with Gasteiger partial charge in [0.1, 0.15) is 9.84 Å². The van der Waals surface area contributed by atoms with Crippen LogP contribution in [0.3, 0.4) is 0 Å². The number of hydrogen-bond donors (Lipinski definition) is 1. The number of hydrogen-bond acceptors (Lipinski definition) is 7. The van der Waals surface area contributed by atoms with Crippen molar-refractivity contribution in [2.24, 2.45) is 0 Å². The molecule has 1 atom stereocenters. The Bertz CT molecular complexity index is 1490. The predicted octanol–water partition coefficient (Wildman–Crippen LogP) is 3.14. The molecule has 9 nitrogen and oxygen atoms in total. The molecule has 4 rings (SSSR count). The lowest BCUT2D eigenvalue weighted by Crippen LogP contribution is -2.29. The highest BCUT2D eigenvalue weighted by Gasteiger charge is 2.27. The Morgan fingerprint density at radius 2 is 1.88 bits per heavy atom. The Kier molecular flexibility index (Phi) is 6.43. The van der Waals surface area contributed by atoms with Crippen LogP contribution < -0.4 is 15.2 Å². The van der Waals surface area contributed by atoms with Gasteiger partial charge < -0.3 is 14.5 Å². The fourth-order valence-electron chi connectivity index (χ4n) is 3.98. The molecule has 10 heteroatoms. The Morgan fingerprint density at radius 1 is 1.15 bits per heavy atom. The average molecular weight is 483 g/mol. The van der Waals surface area contributed by atoms with Crippen LogP contribution in [0.5, 0.6) is 11.6 Å². The first-order valence-corrected chi connectivity index (χ1v) is 12.8. The average Bonchev–Trinajstić information content (AvgIpc) is 3.14. The number of fused-ring (bicyclic) bond motifs is 1. The molecule has 34 heavy (non-hydrogen) atoms. The maximum Gasteiger partial charge on any atom is 0.328 e. The van der Waals surface area contributed by atoms with E-state index in [9.17, 15) is 13.2 Å².